The van der Waals surface area contributed by atoms with Crippen molar-refractivity contribution in [2.75, 3.05) is 18.4 Å². The molecule has 1 N–H and O–H groups in total. The minimum atomic E-state index is 0.598. The number of nitrogens with zero attached hydrogens (tertiary/aromatic N) is 4. The van der Waals surface area contributed by atoms with E-state index in [2.05, 4.69) is 44.7 Å². The largest absolute Gasteiger partial charge is 0.382 e. The highest BCUT2D eigenvalue weighted by Crippen LogP contribution is 2.28. The normalized spacial score (nSPS) is 25.7. The lowest BCUT2D eigenvalue weighted by Gasteiger charge is -2.35. The molecule has 4 rings (SSSR count). The average molecular weight is 283 g/mol. The average Bonchev–Trinajstić information content (AvgIpc) is 3.18. The first kappa shape index (κ1) is 12.8. The Labute approximate surface area is 125 Å². The van der Waals surface area contributed by atoms with Gasteiger partial charge in [-0.2, -0.15) is 0 Å². The Morgan fingerprint density at radius 2 is 2.00 bits per heavy atom. The molecule has 5 heteroatoms. The van der Waals surface area contributed by atoms with Gasteiger partial charge in [-0.25, -0.2) is 0 Å². The zero-order valence-electron chi connectivity index (χ0n) is 12.2. The summed E-state index contributed by atoms with van der Waals surface area (Å²) in [6.45, 7) is 2.55. The second kappa shape index (κ2) is 5.48. The number of fused-ring (bicyclic) bond motifs is 1. The zero-order valence-corrected chi connectivity index (χ0v) is 12.2. The first-order chi connectivity index (χ1) is 10.4. The Morgan fingerprint density at radius 1 is 1.10 bits per heavy atom. The molecule has 0 saturated carbocycles. The minimum Gasteiger partial charge on any atom is -0.382 e. The van der Waals surface area contributed by atoms with Crippen LogP contribution in [0.1, 0.15) is 25.7 Å². The molecule has 1 aromatic carbocycles. The van der Waals surface area contributed by atoms with E-state index in [0.29, 0.717) is 6.04 Å². The maximum Gasteiger partial charge on any atom is 0.123 e. The van der Waals surface area contributed by atoms with Gasteiger partial charge in [0.25, 0.3) is 0 Å². The standard InChI is InChI=1S/C16H21N5/c1-3-13(9-16(4-1)21-11-17-18-12-21)19-14-6-8-20-7-2-5-15(20)10-14/h1,3-4,9,11-12,14-15,19H,2,5-8,10H2. The van der Waals surface area contributed by atoms with Crippen molar-refractivity contribution in [1.82, 2.24) is 19.7 Å². The van der Waals surface area contributed by atoms with Crippen molar-refractivity contribution < 1.29 is 0 Å². The van der Waals surface area contributed by atoms with Gasteiger partial charge in [0.2, 0.25) is 0 Å². The van der Waals surface area contributed by atoms with Crippen LogP contribution >= 0.6 is 0 Å². The third-order valence-corrected chi connectivity index (χ3v) is 4.75. The van der Waals surface area contributed by atoms with E-state index in [1.165, 1.54) is 44.5 Å². The minimum absolute atomic E-state index is 0.598. The molecule has 2 unspecified atom stereocenters. The topological polar surface area (TPSA) is 46.0 Å². The fourth-order valence-corrected chi connectivity index (χ4v) is 3.68. The first-order valence-corrected chi connectivity index (χ1v) is 7.84. The van der Waals surface area contributed by atoms with Gasteiger partial charge in [-0.1, -0.05) is 6.07 Å². The van der Waals surface area contributed by atoms with Crippen LogP contribution in [0.2, 0.25) is 0 Å². The Bertz CT molecular complexity index is 594. The summed E-state index contributed by atoms with van der Waals surface area (Å²) in [6, 6.07) is 9.88. The molecule has 2 fully saturated rings. The van der Waals surface area contributed by atoms with Crippen molar-refractivity contribution in [2.45, 2.75) is 37.8 Å². The molecule has 3 heterocycles. The van der Waals surface area contributed by atoms with Gasteiger partial charge in [0.1, 0.15) is 12.7 Å². The molecule has 0 radical (unpaired) electrons. The van der Waals surface area contributed by atoms with Crippen molar-refractivity contribution in [3.63, 3.8) is 0 Å². The van der Waals surface area contributed by atoms with Gasteiger partial charge in [0.15, 0.2) is 0 Å². The van der Waals surface area contributed by atoms with E-state index in [4.69, 9.17) is 0 Å². The van der Waals surface area contributed by atoms with E-state index in [-0.39, 0.29) is 0 Å². The molecule has 0 bridgehead atoms. The number of rotatable bonds is 3. The lowest BCUT2D eigenvalue weighted by molar-refractivity contribution is 0.188. The number of nitrogens with one attached hydrogen (secondary N) is 1. The fourth-order valence-electron chi connectivity index (χ4n) is 3.68. The fraction of sp³-hybridized carbons (Fsp3) is 0.500. The summed E-state index contributed by atoms with van der Waals surface area (Å²) < 4.78 is 1.94. The number of anilines is 1. The van der Waals surface area contributed by atoms with E-state index in [0.717, 1.165) is 11.7 Å². The van der Waals surface area contributed by atoms with Gasteiger partial charge in [0.05, 0.1) is 5.69 Å². The van der Waals surface area contributed by atoms with Crippen LogP contribution in [0.25, 0.3) is 5.69 Å². The molecule has 2 atom stereocenters. The predicted molar refractivity (Wildman–Crippen MR) is 82.6 cm³/mol. The Balaban J connectivity index is 1.46. The van der Waals surface area contributed by atoms with Crippen LogP contribution in [-0.2, 0) is 0 Å². The summed E-state index contributed by atoms with van der Waals surface area (Å²) in [5.41, 5.74) is 2.29. The van der Waals surface area contributed by atoms with Crippen LogP contribution in [0.4, 0.5) is 5.69 Å². The van der Waals surface area contributed by atoms with Gasteiger partial charge in [-0.15, -0.1) is 10.2 Å². The van der Waals surface area contributed by atoms with Crippen LogP contribution in [-0.4, -0.2) is 44.8 Å². The first-order valence-electron chi connectivity index (χ1n) is 7.84. The second-order valence-electron chi connectivity index (χ2n) is 6.12. The molecule has 2 aliphatic heterocycles. The van der Waals surface area contributed by atoms with E-state index < -0.39 is 0 Å². The molecule has 21 heavy (non-hydrogen) atoms. The van der Waals surface area contributed by atoms with Crippen molar-refractivity contribution >= 4 is 5.69 Å². The van der Waals surface area contributed by atoms with Crippen molar-refractivity contribution in [2.24, 2.45) is 0 Å². The molecule has 1 aromatic heterocycles. The Morgan fingerprint density at radius 3 is 2.90 bits per heavy atom. The van der Waals surface area contributed by atoms with Crippen LogP contribution < -0.4 is 5.32 Å². The molecule has 2 saturated heterocycles. The molecule has 2 aromatic rings. The lowest BCUT2D eigenvalue weighted by Crippen LogP contribution is -2.42. The van der Waals surface area contributed by atoms with Crippen LogP contribution in [0.3, 0.4) is 0 Å². The van der Waals surface area contributed by atoms with Gasteiger partial charge in [0, 0.05) is 24.3 Å². The molecular weight excluding hydrogens is 262 g/mol. The summed E-state index contributed by atoms with van der Waals surface area (Å²) >= 11 is 0. The molecule has 2 aliphatic rings. The smallest absolute Gasteiger partial charge is 0.123 e. The van der Waals surface area contributed by atoms with Crippen molar-refractivity contribution in [3.8, 4) is 5.69 Å². The number of hydrogen-bond donors (Lipinski definition) is 1. The highest BCUT2D eigenvalue weighted by molar-refractivity contribution is 5.51. The maximum absolute atomic E-state index is 3.87. The number of hydrogen-bond acceptors (Lipinski definition) is 4. The maximum atomic E-state index is 3.87. The Hall–Kier alpha value is -1.88. The van der Waals surface area contributed by atoms with Gasteiger partial charge in [-0.05, 0) is 50.4 Å². The summed E-state index contributed by atoms with van der Waals surface area (Å²) in [7, 11) is 0. The zero-order chi connectivity index (χ0) is 14.1. The quantitative estimate of drug-likeness (QED) is 0.939. The van der Waals surface area contributed by atoms with Crippen molar-refractivity contribution in [1.29, 1.82) is 0 Å². The molecule has 5 nitrogen and oxygen atoms in total. The highest BCUT2D eigenvalue weighted by Gasteiger charge is 2.31. The molecule has 110 valence electrons. The summed E-state index contributed by atoms with van der Waals surface area (Å²) in [4.78, 5) is 2.66. The lowest BCUT2D eigenvalue weighted by atomic mass is 9.97. The molecule has 0 aliphatic carbocycles. The SMILES string of the molecule is c1cc(NC2CCN3CCCC3C2)cc(-n2cnnc2)c1. The molecule has 0 spiro atoms. The van der Waals surface area contributed by atoms with Crippen LogP contribution in [0.5, 0.6) is 0 Å². The number of aromatic nitrogens is 3. The summed E-state index contributed by atoms with van der Waals surface area (Å²) in [5, 5.41) is 11.4. The van der Waals surface area contributed by atoms with Crippen molar-refractivity contribution in [3.05, 3.63) is 36.9 Å². The third kappa shape index (κ3) is 2.65. The monoisotopic (exact) mass is 283 g/mol. The second-order valence-corrected chi connectivity index (χ2v) is 6.12. The highest BCUT2D eigenvalue weighted by atomic mass is 15.2. The number of piperidine rings is 1. The van der Waals surface area contributed by atoms with E-state index in [1.54, 1.807) is 12.7 Å². The van der Waals surface area contributed by atoms with E-state index in [1.807, 2.05) is 4.57 Å². The molecule has 0 amide bonds. The third-order valence-electron chi connectivity index (χ3n) is 4.75. The van der Waals surface area contributed by atoms with Gasteiger partial charge < -0.3 is 10.2 Å². The number of benzene rings is 1. The van der Waals surface area contributed by atoms with Gasteiger partial charge in [-0.3, -0.25) is 4.57 Å². The summed E-state index contributed by atoms with van der Waals surface area (Å²) in [5.74, 6) is 0. The molecular formula is C16H21N5. The summed E-state index contributed by atoms with van der Waals surface area (Å²) in [6.07, 6.45) is 8.73. The van der Waals surface area contributed by atoms with E-state index >= 15 is 0 Å². The van der Waals surface area contributed by atoms with E-state index in [9.17, 15) is 0 Å². The van der Waals surface area contributed by atoms with Gasteiger partial charge >= 0.3 is 0 Å². The van der Waals surface area contributed by atoms with Crippen LogP contribution in [0, 0.1) is 0 Å². The predicted octanol–water partition coefficient (Wildman–Crippen LogP) is 2.31. The van der Waals surface area contributed by atoms with Crippen LogP contribution in [0.15, 0.2) is 36.9 Å². The Kier molecular flexibility index (Phi) is 3.35.